The number of benzene rings is 2. The molecule has 240 valence electrons. The molecule has 2 saturated carbocycles. The van der Waals surface area contributed by atoms with Crippen molar-refractivity contribution in [3.8, 4) is 5.75 Å². The van der Waals surface area contributed by atoms with Gasteiger partial charge in [0.1, 0.15) is 11.9 Å². The average molecular weight is 653 g/mol. The Hall–Kier alpha value is -3.04. The zero-order valence-electron chi connectivity index (χ0n) is 25.7. The van der Waals surface area contributed by atoms with Crippen LogP contribution in [0, 0.1) is 23.7 Å². The summed E-state index contributed by atoms with van der Waals surface area (Å²) in [4.78, 5) is 28.0. The van der Waals surface area contributed by atoms with E-state index in [9.17, 15) is 18.0 Å². The lowest BCUT2D eigenvalue weighted by molar-refractivity contribution is -0.149. The monoisotopic (exact) mass is 652 g/mol. The molecule has 1 spiro atoms. The molecule has 1 amide bonds. The van der Waals surface area contributed by atoms with E-state index in [1.807, 2.05) is 18.2 Å². The molecule has 0 radical (unpaired) electrons. The number of anilines is 1. The van der Waals surface area contributed by atoms with Gasteiger partial charge in [-0.25, -0.2) is 13.1 Å². The van der Waals surface area contributed by atoms with Gasteiger partial charge in [-0.3, -0.25) is 9.59 Å². The SMILES string of the molecule is CC(=O)O[C@H]1/C=C/CC(C2CC2)CS(=O)(=O)NC(=O)c2ccc3c(c2)N(CC2CCC21)C[C@@]1(CCCc2cc(Cl)ccc21)CO3. The number of halogens is 1. The summed E-state index contributed by atoms with van der Waals surface area (Å²) < 4.78 is 41.3. The van der Waals surface area contributed by atoms with E-state index < -0.39 is 15.9 Å². The molecule has 3 aliphatic carbocycles. The van der Waals surface area contributed by atoms with Gasteiger partial charge in [-0.1, -0.05) is 23.7 Å². The van der Waals surface area contributed by atoms with Crippen LogP contribution in [0.25, 0.3) is 0 Å². The van der Waals surface area contributed by atoms with Crippen LogP contribution in [0.15, 0.2) is 48.6 Å². The van der Waals surface area contributed by atoms with Gasteiger partial charge in [-0.05, 0) is 117 Å². The van der Waals surface area contributed by atoms with E-state index in [-0.39, 0.29) is 46.6 Å². The molecule has 8 nitrogen and oxygen atoms in total. The summed E-state index contributed by atoms with van der Waals surface area (Å²) in [5.41, 5.74) is 3.28. The molecule has 10 heteroatoms. The standard InChI is InChI=1S/C35H41ClN2O6S/c1-22(39)44-32-6-2-4-27(23-7-8-23)19-45(41,42)37-34(40)25-10-14-33-31(17-25)38(18-26-9-12-29(26)32)20-35(21-43-33)15-3-5-24-16-28(36)11-13-30(24)35/h2,6,10-11,13-14,16-17,23,26-27,29,32H,3-5,7-9,12,15,18-21H2,1H3,(H,37,40)/b6-2+/t26?,27?,29?,32-,35-/m0/s1. The largest absolute Gasteiger partial charge is 0.490 e. The van der Waals surface area contributed by atoms with Crippen molar-refractivity contribution < 1.29 is 27.5 Å². The van der Waals surface area contributed by atoms with Crippen molar-refractivity contribution >= 4 is 39.2 Å². The molecule has 2 heterocycles. The van der Waals surface area contributed by atoms with Crippen LogP contribution >= 0.6 is 11.6 Å². The van der Waals surface area contributed by atoms with E-state index in [1.54, 1.807) is 18.2 Å². The number of hydrogen-bond acceptors (Lipinski definition) is 7. The molecular formula is C35H41ClN2O6S. The minimum atomic E-state index is -3.88. The normalized spacial score (nSPS) is 31.7. The number of amides is 1. The second-order valence-corrected chi connectivity index (χ2v) is 16.0. The van der Waals surface area contributed by atoms with Crippen molar-refractivity contribution in [3.05, 3.63) is 70.3 Å². The summed E-state index contributed by atoms with van der Waals surface area (Å²) in [5, 5.41) is 0.726. The number of fused-ring (bicyclic) bond motifs is 4. The van der Waals surface area contributed by atoms with Crippen molar-refractivity contribution in [1.29, 1.82) is 0 Å². The van der Waals surface area contributed by atoms with Gasteiger partial charge in [0, 0.05) is 41.9 Å². The van der Waals surface area contributed by atoms with Crippen molar-refractivity contribution in [2.24, 2.45) is 23.7 Å². The fraction of sp³-hybridized carbons (Fsp3) is 0.543. The number of esters is 1. The van der Waals surface area contributed by atoms with Crippen LogP contribution in [0.3, 0.4) is 0 Å². The van der Waals surface area contributed by atoms with Crippen LogP contribution in [0.5, 0.6) is 5.75 Å². The van der Waals surface area contributed by atoms with Gasteiger partial charge in [0.05, 0.1) is 18.0 Å². The maximum atomic E-state index is 13.4. The number of hydrogen-bond donors (Lipinski definition) is 1. The Labute approximate surface area is 270 Å². The second-order valence-electron chi connectivity index (χ2n) is 13.8. The molecule has 2 aromatic carbocycles. The predicted octanol–water partition coefficient (Wildman–Crippen LogP) is 5.82. The van der Waals surface area contributed by atoms with E-state index in [1.165, 1.54) is 18.1 Å². The van der Waals surface area contributed by atoms with Gasteiger partial charge >= 0.3 is 5.97 Å². The summed E-state index contributed by atoms with van der Waals surface area (Å²) in [6.45, 7) is 3.31. The van der Waals surface area contributed by atoms with E-state index >= 15 is 0 Å². The first-order valence-electron chi connectivity index (χ1n) is 16.3. The summed E-state index contributed by atoms with van der Waals surface area (Å²) in [6.07, 6.45) is 11.0. The first-order chi connectivity index (χ1) is 21.6. The van der Waals surface area contributed by atoms with E-state index in [4.69, 9.17) is 21.1 Å². The molecule has 2 fully saturated rings. The molecule has 2 aliphatic heterocycles. The predicted molar refractivity (Wildman–Crippen MR) is 173 cm³/mol. The number of ether oxygens (including phenoxy) is 2. The molecular weight excluding hydrogens is 612 g/mol. The third-order valence-electron chi connectivity index (χ3n) is 10.7. The van der Waals surface area contributed by atoms with Gasteiger partial charge in [0.15, 0.2) is 0 Å². The van der Waals surface area contributed by atoms with Crippen molar-refractivity contribution in [3.63, 3.8) is 0 Å². The van der Waals surface area contributed by atoms with Crippen molar-refractivity contribution in [2.75, 3.05) is 30.3 Å². The quantitative estimate of drug-likeness (QED) is 0.322. The highest BCUT2D eigenvalue weighted by Crippen LogP contribution is 2.47. The lowest BCUT2D eigenvalue weighted by Crippen LogP contribution is -2.49. The van der Waals surface area contributed by atoms with Crippen molar-refractivity contribution in [1.82, 2.24) is 4.72 Å². The summed E-state index contributed by atoms with van der Waals surface area (Å²) in [7, 11) is -3.88. The Morgan fingerprint density at radius 2 is 1.91 bits per heavy atom. The molecule has 5 aliphatic rings. The van der Waals surface area contributed by atoms with Crippen molar-refractivity contribution in [2.45, 2.75) is 69.8 Å². The lowest BCUT2D eigenvalue weighted by Gasteiger charge is -2.46. The molecule has 0 aromatic heterocycles. The summed E-state index contributed by atoms with van der Waals surface area (Å²) in [5.74, 6) is 0.240. The topological polar surface area (TPSA) is 102 Å². The van der Waals surface area contributed by atoms with Crippen LogP contribution in [0.2, 0.25) is 5.02 Å². The number of rotatable bonds is 2. The zero-order valence-corrected chi connectivity index (χ0v) is 27.2. The number of carbonyl (C=O) groups is 2. The fourth-order valence-electron chi connectivity index (χ4n) is 8.13. The molecule has 45 heavy (non-hydrogen) atoms. The van der Waals surface area contributed by atoms with Gasteiger partial charge in [-0.15, -0.1) is 0 Å². The second kappa shape index (κ2) is 12.0. The third-order valence-corrected chi connectivity index (χ3v) is 12.3. The van der Waals surface area contributed by atoms with Gasteiger partial charge in [-0.2, -0.15) is 0 Å². The van der Waals surface area contributed by atoms with Crippen LogP contribution < -0.4 is 14.4 Å². The average Bonchev–Trinajstić information content (AvgIpc) is 3.82. The highest BCUT2D eigenvalue weighted by Gasteiger charge is 2.45. The fourth-order valence-corrected chi connectivity index (χ4v) is 9.78. The number of allylic oxidation sites excluding steroid dienone is 1. The lowest BCUT2D eigenvalue weighted by atomic mass is 9.68. The van der Waals surface area contributed by atoms with Gasteiger partial charge in [0.25, 0.3) is 5.91 Å². The van der Waals surface area contributed by atoms with Gasteiger partial charge in [0.2, 0.25) is 10.0 Å². The number of carbonyl (C=O) groups excluding carboxylic acids is 2. The van der Waals surface area contributed by atoms with E-state index in [0.29, 0.717) is 37.8 Å². The Morgan fingerprint density at radius 3 is 2.67 bits per heavy atom. The first kappa shape index (κ1) is 30.6. The molecule has 5 atom stereocenters. The molecule has 1 N–H and O–H groups in total. The number of sulfonamides is 1. The smallest absolute Gasteiger partial charge is 0.303 e. The van der Waals surface area contributed by atoms with E-state index in [2.05, 4.69) is 21.8 Å². The Kier molecular flexibility index (Phi) is 8.13. The first-order valence-corrected chi connectivity index (χ1v) is 18.3. The van der Waals surface area contributed by atoms with Gasteiger partial charge < -0.3 is 14.4 Å². The van der Waals surface area contributed by atoms with Crippen LogP contribution in [-0.4, -0.2) is 51.8 Å². The minimum absolute atomic E-state index is 0.102. The van der Waals surface area contributed by atoms with Crippen LogP contribution in [0.4, 0.5) is 5.69 Å². The Morgan fingerprint density at radius 1 is 1.09 bits per heavy atom. The molecule has 3 unspecified atom stereocenters. The Bertz CT molecular complexity index is 1640. The molecule has 2 aromatic rings. The highest BCUT2D eigenvalue weighted by atomic mass is 35.5. The van der Waals surface area contributed by atoms with Crippen LogP contribution in [0.1, 0.15) is 73.4 Å². The van der Waals surface area contributed by atoms with Crippen LogP contribution in [-0.2, 0) is 31.4 Å². The number of nitrogens with one attached hydrogen (secondary N) is 1. The highest BCUT2D eigenvalue weighted by molar-refractivity contribution is 7.90. The third kappa shape index (κ3) is 6.35. The number of aryl methyl sites for hydroxylation is 1. The maximum absolute atomic E-state index is 13.4. The van der Waals surface area contributed by atoms with E-state index in [0.717, 1.165) is 55.7 Å². The summed E-state index contributed by atoms with van der Waals surface area (Å²) >= 11 is 6.41. The molecule has 7 rings (SSSR count). The summed E-state index contributed by atoms with van der Waals surface area (Å²) in [6, 6.07) is 11.4. The maximum Gasteiger partial charge on any atom is 0.303 e. The minimum Gasteiger partial charge on any atom is -0.490 e. The number of nitrogens with zero attached hydrogens (tertiary/aromatic N) is 1. The zero-order chi connectivity index (χ0) is 31.3. The molecule has 0 saturated heterocycles. The molecule has 2 bridgehead atoms. The Balaban J connectivity index is 1.29.